The number of likely N-dealkylation sites (tertiary alicyclic amines) is 1. The van der Waals surface area contributed by atoms with E-state index < -0.39 is 54.8 Å². The number of hydrogen-bond donors (Lipinski definition) is 4. The Labute approximate surface area is 407 Å². The number of sulfone groups is 2. The maximum Gasteiger partial charge on any atom is 0.352 e. The number of aromatic amines is 2. The van der Waals surface area contributed by atoms with E-state index in [0.29, 0.717) is 69.1 Å². The van der Waals surface area contributed by atoms with Gasteiger partial charge in [0.25, 0.3) is 0 Å². The molecular formula is C52H62F2N4O10S2. The number of para-hydroxylation sites is 2. The number of H-pyrrole nitrogens is 2. The van der Waals surface area contributed by atoms with E-state index in [2.05, 4.69) is 29.4 Å². The molecule has 14 nitrogen and oxygen atoms in total. The number of benzene rings is 4. The van der Waals surface area contributed by atoms with Gasteiger partial charge < -0.3 is 44.2 Å². The molecule has 18 heteroatoms. The number of carbonyl (C=O) groups is 2. The monoisotopic (exact) mass is 1000 g/mol. The summed E-state index contributed by atoms with van der Waals surface area (Å²) in [6.07, 6.45) is 5.86. The van der Waals surface area contributed by atoms with Gasteiger partial charge >= 0.3 is 5.97 Å². The Hall–Kier alpha value is -5.50. The third kappa shape index (κ3) is 12.7. The Morgan fingerprint density at radius 1 is 0.700 bits per heavy atom. The van der Waals surface area contributed by atoms with Crippen LogP contribution in [0.3, 0.4) is 0 Å². The third-order valence-corrected chi connectivity index (χ3v) is 15.1. The average molecular weight is 1010 g/mol. The molecule has 2 saturated heterocycles. The van der Waals surface area contributed by atoms with Crippen molar-refractivity contribution in [2.24, 2.45) is 11.8 Å². The van der Waals surface area contributed by atoms with Gasteiger partial charge in [0.1, 0.15) is 17.3 Å². The number of ether oxygens (including phenoxy) is 2. The summed E-state index contributed by atoms with van der Waals surface area (Å²) < 4.78 is 89.3. The van der Waals surface area contributed by atoms with Gasteiger partial charge in [0.2, 0.25) is 0 Å². The molecule has 6 aromatic rings. The molecule has 4 N–H and O–H groups in total. The number of halogens is 2. The summed E-state index contributed by atoms with van der Waals surface area (Å²) >= 11 is 0. The number of piperidine rings is 2. The van der Waals surface area contributed by atoms with E-state index in [0.717, 1.165) is 80.0 Å². The number of carbonyl (C=O) groups excluding carboxylic acids is 1. The number of nitrogens with zero attached hydrogens (tertiary/aromatic N) is 1. The van der Waals surface area contributed by atoms with Crippen LogP contribution in [0.1, 0.15) is 95.0 Å². The van der Waals surface area contributed by atoms with E-state index in [1.54, 1.807) is 18.2 Å². The van der Waals surface area contributed by atoms with Crippen LogP contribution in [0.25, 0.3) is 44.1 Å². The van der Waals surface area contributed by atoms with Crippen molar-refractivity contribution in [2.75, 3.05) is 66.0 Å². The number of fused-ring (bicyclic) bond motifs is 2. The average Bonchev–Trinajstić information content (AvgIpc) is 3.89. The second-order valence-corrected chi connectivity index (χ2v) is 23.9. The van der Waals surface area contributed by atoms with Crippen LogP contribution in [0.15, 0.2) is 72.8 Å². The highest BCUT2D eigenvalue weighted by atomic mass is 32.2. The van der Waals surface area contributed by atoms with Crippen molar-refractivity contribution in [1.29, 1.82) is 0 Å². The van der Waals surface area contributed by atoms with Gasteiger partial charge in [-0.05, 0) is 74.9 Å². The first-order chi connectivity index (χ1) is 33.0. The molecule has 0 amide bonds. The molecule has 8 rings (SSSR count). The van der Waals surface area contributed by atoms with Crippen molar-refractivity contribution >= 4 is 53.4 Å². The topological polar surface area (TPSA) is 208 Å². The van der Waals surface area contributed by atoms with Crippen molar-refractivity contribution in [3.05, 3.63) is 118 Å². The summed E-state index contributed by atoms with van der Waals surface area (Å²) in [6.45, 7) is 9.35. The summed E-state index contributed by atoms with van der Waals surface area (Å²) in [7, 11) is -2.35. The van der Waals surface area contributed by atoms with Gasteiger partial charge in [0.15, 0.2) is 19.7 Å². The van der Waals surface area contributed by atoms with E-state index in [1.807, 2.05) is 38.1 Å². The zero-order valence-electron chi connectivity index (χ0n) is 40.4. The SMILES string of the molecule is CC(OCC1CCNCC1)c1cccc2c(-c3ccc(CS(C)(=O)=O)c(F)c3)c(C(=O)O)[nH]c12.CC(OCC1CC[N+](C)(C)CC1)c1cccc2c(-c3ccc(CS(C)(=O)=O)c(F)c3)c(C(=O)[O-])[nH]c12. The Kier molecular flexibility index (Phi) is 16.0. The number of aromatic carboxylic acids is 2. The van der Waals surface area contributed by atoms with Crippen LogP contribution in [0, 0.1) is 23.5 Å². The molecule has 2 atom stereocenters. The highest BCUT2D eigenvalue weighted by Gasteiger charge is 2.28. The predicted octanol–water partition coefficient (Wildman–Crippen LogP) is 7.74. The number of carboxylic acid groups (broad SMARTS) is 2. The Balaban J connectivity index is 0.000000207. The standard InChI is InChI=1S/C27H33FN2O5S.C25H29FN2O5S/c1-17(35-15-18-10-12-30(2,3)13-11-18)21-6-5-7-22-24(26(27(31)32)29-25(21)22)19-8-9-20(23(28)14-19)16-36(4,33)34;1-15(33-13-16-8-10-27-11-9-16)19-4-3-5-20-22(24(25(29)30)28-23(19)20)17-6-7-18(21(26)12-17)14-34(2,31)32/h5-9,14,17-18,29H,10-13,15-16H2,1-4H3;3-7,12,15-16,27-28H,8-11,13-14H2,1-2H3,(H,29,30). The summed E-state index contributed by atoms with van der Waals surface area (Å²) in [4.78, 5) is 30.1. The number of carboxylic acids is 2. The van der Waals surface area contributed by atoms with E-state index in [1.165, 1.54) is 30.3 Å². The minimum atomic E-state index is -3.42. The highest BCUT2D eigenvalue weighted by Crippen LogP contribution is 2.39. The van der Waals surface area contributed by atoms with E-state index in [-0.39, 0.29) is 34.7 Å². The molecule has 0 saturated carbocycles. The zero-order valence-corrected chi connectivity index (χ0v) is 42.0. The molecule has 4 heterocycles. The van der Waals surface area contributed by atoms with E-state index >= 15 is 0 Å². The number of rotatable bonds is 16. The van der Waals surface area contributed by atoms with Gasteiger partial charge in [-0.2, -0.15) is 0 Å². The molecule has 376 valence electrons. The maximum absolute atomic E-state index is 14.8. The van der Waals surface area contributed by atoms with E-state index in [4.69, 9.17) is 9.47 Å². The maximum atomic E-state index is 14.8. The summed E-state index contributed by atoms with van der Waals surface area (Å²) in [5.74, 6) is -3.85. The van der Waals surface area contributed by atoms with E-state index in [9.17, 15) is 45.4 Å². The Bertz CT molecular complexity index is 3120. The van der Waals surface area contributed by atoms with Crippen LogP contribution < -0.4 is 10.4 Å². The van der Waals surface area contributed by atoms with Crippen LogP contribution in [0.5, 0.6) is 0 Å². The second kappa shape index (κ2) is 21.5. The zero-order chi connectivity index (χ0) is 50.7. The summed E-state index contributed by atoms with van der Waals surface area (Å²) in [5.41, 5.74) is 4.08. The number of hydrogen-bond acceptors (Lipinski definition) is 10. The fourth-order valence-corrected chi connectivity index (χ4v) is 11.1. The molecule has 4 aromatic carbocycles. The van der Waals surface area contributed by atoms with Crippen molar-refractivity contribution in [3.63, 3.8) is 0 Å². The quantitative estimate of drug-likeness (QED) is 0.0690. The fourth-order valence-electron chi connectivity index (χ4n) is 9.55. The number of aromatic nitrogens is 2. The summed E-state index contributed by atoms with van der Waals surface area (Å²) in [5, 5.41) is 26.5. The molecule has 0 spiro atoms. The van der Waals surface area contributed by atoms with Crippen molar-refractivity contribution in [1.82, 2.24) is 15.3 Å². The first-order valence-corrected chi connectivity index (χ1v) is 27.5. The van der Waals surface area contributed by atoms with Gasteiger partial charge in [-0.3, -0.25) is 0 Å². The molecule has 0 radical (unpaired) electrons. The molecular weight excluding hydrogens is 943 g/mol. The summed E-state index contributed by atoms with van der Waals surface area (Å²) in [6, 6.07) is 19.2. The van der Waals surface area contributed by atoms with Gasteiger partial charge in [-0.1, -0.05) is 60.7 Å². The molecule has 2 aliphatic heterocycles. The van der Waals surface area contributed by atoms with Crippen molar-refractivity contribution in [2.45, 2.75) is 63.2 Å². The van der Waals surface area contributed by atoms with Crippen molar-refractivity contribution < 1.29 is 59.4 Å². The first kappa shape index (κ1) is 52.3. The van der Waals surface area contributed by atoms with Crippen LogP contribution >= 0.6 is 0 Å². The van der Waals surface area contributed by atoms with Crippen LogP contribution in [0.4, 0.5) is 8.78 Å². The lowest BCUT2D eigenvalue weighted by atomic mass is 9.96. The smallest absolute Gasteiger partial charge is 0.352 e. The van der Waals surface area contributed by atoms with Crippen LogP contribution in [-0.4, -0.2) is 114 Å². The van der Waals surface area contributed by atoms with Crippen molar-refractivity contribution in [3.8, 4) is 22.3 Å². The largest absolute Gasteiger partial charge is 0.543 e. The predicted molar refractivity (Wildman–Crippen MR) is 265 cm³/mol. The lowest BCUT2D eigenvalue weighted by Gasteiger charge is -2.37. The molecule has 0 aliphatic carbocycles. The fraction of sp³-hybridized carbons (Fsp3) is 0.423. The molecule has 0 bridgehead atoms. The van der Waals surface area contributed by atoms with Gasteiger partial charge in [0.05, 0.1) is 86.8 Å². The Morgan fingerprint density at radius 2 is 1.13 bits per heavy atom. The third-order valence-electron chi connectivity index (χ3n) is 13.5. The lowest BCUT2D eigenvalue weighted by Crippen LogP contribution is -2.46. The second-order valence-electron chi connectivity index (χ2n) is 19.6. The minimum Gasteiger partial charge on any atom is -0.543 e. The minimum absolute atomic E-state index is 0.0312. The number of nitrogens with one attached hydrogen (secondary N) is 3. The molecule has 2 aromatic heterocycles. The Morgan fingerprint density at radius 3 is 1.54 bits per heavy atom. The normalized spacial score (nSPS) is 16.7. The van der Waals surface area contributed by atoms with Gasteiger partial charge in [-0.25, -0.2) is 30.4 Å². The molecule has 70 heavy (non-hydrogen) atoms. The lowest BCUT2D eigenvalue weighted by molar-refractivity contribution is -0.896. The number of quaternary nitrogens is 1. The van der Waals surface area contributed by atoms with Crippen LogP contribution in [-0.2, 0) is 40.7 Å². The molecule has 2 fully saturated rings. The van der Waals surface area contributed by atoms with Crippen LogP contribution in [0.2, 0.25) is 0 Å². The molecule has 2 unspecified atom stereocenters. The van der Waals surface area contributed by atoms with Gasteiger partial charge in [-0.15, -0.1) is 0 Å². The van der Waals surface area contributed by atoms with Gasteiger partial charge in [0, 0.05) is 69.5 Å². The first-order valence-electron chi connectivity index (χ1n) is 23.4. The highest BCUT2D eigenvalue weighted by molar-refractivity contribution is 7.90. The molecule has 2 aliphatic rings.